The number of nitrogens with one attached hydrogen (secondary N) is 1. The van der Waals surface area contributed by atoms with Gasteiger partial charge < -0.3 is 10.2 Å². The SMILES string of the molecule is CCNc1nc(C2CC2)nc(N2CCSC(C)(C)C2)c1C. The third-order valence-corrected chi connectivity index (χ3v) is 5.45. The molecule has 0 radical (unpaired) electrons. The van der Waals surface area contributed by atoms with E-state index in [2.05, 4.69) is 49.7 Å². The largest absolute Gasteiger partial charge is 0.370 e. The summed E-state index contributed by atoms with van der Waals surface area (Å²) in [6, 6.07) is 0. The van der Waals surface area contributed by atoms with E-state index in [1.807, 2.05) is 0 Å². The molecule has 1 aromatic heterocycles. The number of aromatic nitrogens is 2. The Labute approximate surface area is 132 Å². The molecule has 2 aliphatic rings. The molecular formula is C16H26N4S. The Bertz CT molecular complexity index is 525. The smallest absolute Gasteiger partial charge is 0.137 e. The van der Waals surface area contributed by atoms with Gasteiger partial charge in [-0.05, 0) is 40.5 Å². The molecule has 21 heavy (non-hydrogen) atoms. The van der Waals surface area contributed by atoms with E-state index >= 15 is 0 Å². The normalized spacial score (nSPS) is 21.4. The van der Waals surface area contributed by atoms with Gasteiger partial charge in [0.05, 0.1) is 0 Å². The summed E-state index contributed by atoms with van der Waals surface area (Å²) >= 11 is 2.06. The molecule has 2 heterocycles. The first-order chi connectivity index (χ1) is 10.00. The van der Waals surface area contributed by atoms with Crippen molar-refractivity contribution in [1.82, 2.24) is 9.97 Å². The van der Waals surface area contributed by atoms with Crippen LogP contribution in [0.1, 0.15) is 50.9 Å². The molecule has 3 rings (SSSR count). The predicted molar refractivity (Wildman–Crippen MR) is 91.7 cm³/mol. The molecule has 1 aliphatic carbocycles. The zero-order valence-corrected chi connectivity index (χ0v) is 14.4. The number of hydrogen-bond acceptors (Lipinski definition) is 5. The van der Waals surface area contributed by atoms with Crippen molar-refractivity contribution in [2.24, 2.45) is 0 Å². The molecule has 4 nitrogen and oxygen atoms in total. The van der Waals surface area contributed by atoms with Crippen LogP contribution in [-0.2, 0) is 0 Å². The molecule has 1 aromatic rings. The maximum absolute atomic E-state index is 4.93. The van der Waals surface area contributed by atoms with Gasteiger partial charge in [0.1, 0.15) is 17.5 Å². The molecular weight excluding hydrogens is 280 g/mol. The lowest BCUT2D eigenvalue weighted by Gasteiger charge is -2.39. The third-order valence-electron chi connectivity index (χ3n) is 4.15. The number of hydrogen-bond donors (Lipinski definition) is 1. The van der Waals surface area contributed by atoms with Crippen LogP contribution < -0.4 is 10.2 Å². The van der Waals surface area contributed by atoms with Crippen LogP contribution in [0, 0.1) is 6.92 Å². The Morgan fingerprint density at radius 3 is 2.71 bits per heavy atom. The van der Waals surface area contributed by atoms with Gasteiger partial charge in [0, 0.05) is 41.6 Å². The quantitative estimate of drug-likeness (QED) is 0.923. The van der Waals surface area contributed by atoms with Crippen molar-refractivity contribution < 1.29 is 0 Å². The van der Waals surface area contributed by atoms with Crippen LogP contribution in [0.3, 0.4) is 0 Å². The molecule has 1 aliphatic heterocycles. The number of anilines is 2. The standard InChI is InChI=1S/C16H26N4S/c1-5-17-13-11(2)15(19-14(18-13)12-6-7-12)20-8-9-21-16(3,4)10-20/h12H,5-10H2,1-4H3,(H,17,18,19). The molecule has 2 fully saturated rings. The Hall–Kier alpha value is -0.970. The highest BCUT2D eigenvalue weighted by Crippen LogP contribution is 2.41. The maximum atomic E-state index is 4.93. The van der Waals surface area contributed by atoms with E-state index in [4.69, 9.17) is 9.97 Å². The van der Waals surface area contributed by atoms with Crippen molar-refractivity contribution in [1.29, 1.82) is 0 Å². The van der Waals surface area contributed by atoms with E-state index in [1.165, 1.54) is 24.2 Å². The van der Waals surface area contributed by atoms with E-state index < -0.39 is 0 Å². The lowest BCUT2D eigenvalue weighted by atomic mass is 10.1. The van der Waals surface area contributed by atoms with Crippen molar-refractivity contribution in [3.8, 4) is 0 Å². The van der Waals surface area contributed by atoms with E-state index in [-0.39, 0.29) is 0 Å². The fourth-order valence-corrected chi connectivity index (χ4v) is 4.00. The number of thioether (sulfide) groups is 1. The molecule has 116 valence electrons. The lowest BCUT2D eigenvalue weighted by molar-refractivity contribution is 0.638. The minimum atomic E-state index is 0.299. The first-order valence-electron chi connectivity index (χ1n) is 8.01. The van der Waals surface area contributed by atoms with Crippen molar-refractivity contribution in [2.75, 3.05) is 35.6 Å². The van der Waals surface area contributed by atoms with Gasteiger partial charge in [0.15, 0.2) is 0 Å². The Morgan fingerprint density at radius 2 is 2.10 bits per heavy atom. The Kier molecular flexibility index (Phi) is 4.04. The van der Waals surface area contributed by atoms with Gasteiger partial charge in [-0.15, -0.1) is 0 Å². The van der Waals surface area contributed by atoms with Crippen LogP contribution >= 0.6 is 11.8 Å². The van der Waals surface area contributed by atoms with Gasteiger partial charge >= 0.3 is 0 Å². The fourth-order valence-electron chi connectivity index (χ4n) is 2.89. The van der Waals surface area contributed by atoms with Gasteiger partial charge in [-0.3, -0.25) is 0 Å². The van der Waals surface area contributed by atoms with Gasteiger partial charge in [0.2, 0.25) is 0 Å². The first kappa shape index (κ1) is 14.9. The number of nitrogens with zero attached hydrogens (tertiary/aromatic N) is 3. The van der Waals surface area contributed by atoms with Gasteiger partial charge in [-0.2, -0.15) is 11.8 Å². The van der Waals surface area contributed by atoms with E-state index in [9.17, 15) is 0 Å². The van der Waals surface area contributed by atoms with E-state index in [0.29, 0.717) is 10.7 Å². The molecule has 0 bridgehead atoms. The van der Waals surface area contributed by atoms with Crippen LogP contribution in [0.2, 0.25) is 0 Å². The molecule has 0 amide bonds. The average molecular weight is 306 g/mol. The Balaban J connectivity index is 1.95. The van der Waals surface area contributed by atoms with Gasteiger partial charge in [-0.25, -0.2) is 9.97 Å². The summed E-state index contributed by atoms with van der Waals surface area (Å²) in [5, 5.41) is 3.42. The summed E-state index contributed by atoms with van der Waals surface area (Å²) in [4.78, 5) is 12.2. The van der Waals surface area contributed by atoms with Crippen LogP contribution in [0.25, 0.3) is 0 Å². The van der Waals surface area contributed by atoms with Gasteiger partial charge in [0.25, 0.3) is 0 Å². The highest BCUT2D eigenvalue weighted by atomic mass is 32.2. The molecule has 0 spiro atoms. The first-order valence-corrected chi connectivity index (χ1v) is 9.00. The molecule has 0 unspecified atom stereocenters. The average Bonchev–Trinajstić information content (AvgIpc) is 3.24. The molecule has 0 atom stereocenters. The summed E-state index contributed by atoms with van der Waals surface area (Å²) in [6.45, 7) is 12.0. The zero-order chi connectivity index (χ0) is 15.0. The maximum Gasteiger partial charge on any atom is 0.137 e. The van der Waals surface area contributed by atoms with Crippen LogP contribution in [0.15, 0.2) is 0 Å². The lowest BCUT2D eigenvalue weighted by Crippen LogP contribution is -2.44. The van der Waals surface area contributed by atoms with E-state index in [0.717, 1.165) is 37.1 Å². The van der Waals surface area contributed by atoms with Crippen LogP contribution in [0.5, 0.6) is 0 Å². The van der Waals surface area contributed by atoms with Crippen molar-refractivity contribution >= 4 is 23.4 Å². The zero-order valence-electron chi connectivity index (χ0n) is 13.6. The monoisotopic (exact) mass is 306 g/mol. The summed E-state index contributed by atoms with van der Waals surface area (Å²) in [5.41, 5.74) is 1.20. The second-order valence-electron chi connectivity index (χ2n) is 6.71. The summed E-state index contributed by atoms with van der Waals surface area (Å²) in [5.74, 6) is 4.99. The van der Waals surface area contributed by atoms with Crippen molar-refractivity contribution in [3.05, 3.63) is 11.4 Å². The number of rotatable bonds is 4. The van der Waals surface area contributed by atoms with Crippen LogP contribution in [-0.4, -0.2) is 40.1 Å². The minimum Gasteiger partial charge on any atom is -0.370 e. The minimum absolute atomic E-state index is 0.299. The summed E-state index contributed by atoms with van der Waals surface area (Å²) < 4.78 is 0.299. The van der Waals surface area contributed by atoms with Crippen molar-refractivity contribution in [3.63, 3.8) is 0 Å². The molecule has 1 N–H and O–H groups in total. The Morgan fingerprint density at radius 1 is 1.33 bits per heavy atom. The van der Waals surface area contributed by atoms with Crippen LogP contribution in [0.4, 0.5) is 11.6 Å². The van der Waals surface area contributed by atoms with Gasteiger partial charge in [-0.1, -0.05) is 0 Å². The topological polar surface area (TPSA) is 41.1 Å². The molecule has 0 aromatic carbocycles. The highest BCUT2D eigenvalue weighted by molar-refractivity contribution is 8.00. The predicted octanol–water partition coefficient (Wildman–Crippen LogP) is 3.43. The fraction of sp³-hybridized carbons (Fsp3) is 0.750. The second-order valence-corrected chi connectivity index (χ2v) is 8.52. The van der Waals surface area contributed by atoms with Crippen molar-refractivity contribution in [2.45, 2.75) is 51.2 Å². The summed E-state index contributed by atoms with van der Waals surface area (Å²) in [6.07, 6.45) is 2.49. The molecule has 1 saturated carbocycles. The molecule has 1 saturated heterocycles. The summed E-state index contributed by atoms with van der Waals surface area (Å²) in [7, 11) is 0. The molecule has 5 heteroatoms. The van der Waals surface area contributed by atoms with E-state index in [1.54, 1.807) is 0 Å². The second kappa shape index (κ2) is 5.67. The highest BCUT2D eigenvalue weighted by Gasteiger charge is 2.32. The third kappa shape index (κ3) is 3.28.